The van der Waals surface area contributed by atoms with Crippen molar-refractivity contribution in [2.45, 2.75) is 0 Å². The molecule has 0 unspecified atom stereocenters. The molecule has 3 rings (SSSR count). The monoisotopic (exact) mass is 412 g/mol. The van der Waals surface area contributed by atoms with Crippen molar-refractivity contribution in [2.75, 3.05) is 13.7 Å². The molecule has 1 heterocycles. The summed E-state index contributed by atoms with van der Waals surface area (Å²) in [7, 11) is 1.57. The lowest BCUT2D eigenvalue weighted by molar-refractivity contribution is -0.135. The van der Waals surface area contributed by atoms with E-state index in [0.29, 0.717) is 26.1 Å². The van der Waals surface area contributed by atoms with Crippen molar-refractivity contribution in [1.82, 2.24) is 0 Å². The molecule has 0 bridgehead atoms. The van der Waals surface area contributed by atoms with Crippen LogP contribution < -0.4 is 4.74 Å². The first-order chi connectivity index (χ1) is 13.6. The number of methoxy groups -OCH3 is 1. The van der Waals surface area contributed by atoms with Crippen LogP contribution in [0.4, 0.5) is 0 Å². The number of hydrogen-bond donors (Lipinski definition) is 0. The molecule has 3 aromatic rings. The van der Waals surface area contributed by atoms with Crippen LogP contribution in [0.5, 0.6) is 5.75 Å². The van der Waals surface area contributed by atoms with Crippen LogP contribution in [0.1, 0.15) is 20.8 Å². The Hall–Kier alpha value is -2.89. The van der Waals surface area contributed by atoms with E-state index in [-0.39, 0.29) is 12.4 Å². The molecule has 0 aliphatic rings. The molecule has 0 saturated heterocycles. The van der Waals surface area contributed by atoms with Crippen LogP contribution in [-0.2, 0) is 9.53 Å². The fraction of sp³-hybridized carbons (Fsp3) is 0.0909. The lowest BCUT2D eigenvalue weighted by atomic mass is 10.0. The van der Waals surface area contributed by atoms with Crippen molar-refractivity contribution in [2.24, 2.45) is 0 Å². The molecule has 0 aliphatic heterocycles. The summed E-state index contributed by atoms with van der Waals surface area (Å²) in [5.74, 6) is -0.254. The number of thiophene rings is 1. The van der Waals surface area contributed by atoms with Crippen molar-refractivity contribution in [3.63, 3.8) is 0 Å². The smallest absolute Gasteiger partial charge is 0.339 e. The number of rotatable bonds is 7. The number of carbonyl (C=O) groups is 2. The van der Waals surface area contributed by atoms with Gasteiger partial charge in [0.15, 0.2) is 6.61 Å². The largest absolute Gasteiger partial charge is 0.496 e. The third-order valence-electron chi connectivity index (χ3n) is 3.93. The Kier molecular flexibility index (Phi) is 6.63. The van der Waals surface area contributed by atoms with Gasteiger partial charge in [-0.3, -0.25) is 4.79 Å². The number of ketones is 1. The fourth-order valence-corrected chi connectivity index (χ4v) is 3.53. The lowest BCUT2D eigenvalue weighted by Gasteiger charge is -2.10. The number of ether oxygens (including phenoxy) is 2. The minimum Gasteiger partial charge on any atom is -0.496 e. The number of esters is 1. The van der Waals surface area contributed by atoms with E-state index < -0.39 is 5.97 Å². The number of benzene rings is 2. The van der Waals surface area contributed by atoms with Gasteiger partial charge in [0.1, 0.15) is 5.75 Å². The van der Waals surface area contributed by atoms with E-state index in [9.17, 15) is 9.59 Å². The summed E-state index contributed by atoms with van der Waals surface area (Å²) in [6.07, 6.45) is 1.70. The van der Waals surface area contributed by atoms with Crippen LogP contribution in [0, 0.1) is 0 Å². The first-order valence-corrected chi connectivity index (χ1v) is 9.63. The van der Waals surface area contributed by atoms with E-state index in [1.807, 2.05) is 54.6 Å². The Labute approximate surface area is 172 Å². The highest BCUT2D eigenvalue weighted by Gasteiger charge is 2.18. The van der Waals surface area contributed by atoms with Gasteiger partial charge in [-0.05, 0) is 29.8 Å². The van der Waals surface area contributed by atoms with Gasteiger partial charge in [-0.15, -0.1) is 11.3 Å². The second kappa shape index (κ2) is 9.35. The normalized spacial score (nSPS) is 11.1. The van der Waals surface area contributed by atoms with E-state index in [1.165, 1.54) is 0 Å². The van der Waals surface area contributed by atoms with Crippen molar-refractivity contribution >= 4 is 46.3 Å². The highest BCUT2D eigenvalue weighted by molar-refractivity contribution is 7.18. The summed E-state index contributed by atoms with van der Waals surface area (Å²) >= 11 is 7.01. The second-order valence-electron chi connectivity index (χ2n) is 5.77. The minimum atomic E-state index is -0.590. The van der Waals surface area contributed by atoms with Crippen LogP contribution in [0.25, 0.3) is 11.6 Å². The molecule has 1 aromatic heterocycles. The van der Waals surface area contributed by atoms with Gasteiger partial charge in [-0.2, -0.15) is 0 Å². The highest BCUT2D eigenvalue weighted by Crippen LogP contribution is 2.26. The molecule has 0 fully saturated rings. The zero-order valence-corrected chi connectivity index (χ0v) is 16.6. The number of para-hydroxylation sites is 1. The highest BCUT2D eigenvalue weighted by atomic mass is 35.5. The fourth-order valence-electron chi connectivity index (χ4n) is 2.56. The average molecular weight is 413 g/mol. The molecule has 0 amide bonds. The Bertz CT molecular complexity index is 1010. The molecule has 0 atom stereocenters. The molecule has 0 spiro atoms. The molecule has 142 valence electrons. The van der Waals surface area contributed by atoms with Crippen LogP contribution in [0.3, 0.4) is 0 Å². The van der Waals surface area contributed by atoms with Crippen molar-refractivity contribution in [3.05, 3.63) is 87.1 Å². The zero-order chi connectivity index (χ0) is 19.9. The van der Waals surface area contributed by atoms with Crippen molar-refractivity contribution < 1.29 is 19.1 Å². The minimum absolute atomic E-state index is 0.296. The maximum Gasteiger partial charge on any atom is 0.339 e. The summed E-state index contributed by atoms with van der Waals surface area (Å²) in [5.41, 5.74) is 1.75. The molecular weight excluding hydrogens is 396 g/mol. The van der Waals surface area contributed by atoms with Gasteiger partial charge in [0.2, 0.25) is 5.78 Å². The first kappa shape index (κ1) is 19.9. The number of halogens is 1. The van der Waals surface area contributed by atoms with E-state index >= 15 is 0 Å². The number of Topliss-reactive ketones (excluding diaryl/α,β-unsaturated/α-hetero) is 1. The summed E-state index contributed by atoms with van der Waals surface area (Å²) in [6.45, 7) is -0.355. The lowest BCUT2D eigenvalue weighted by Crippen LogP contribution is -2.14. The molecule has 0 radical (unpaired) electrons. The maximum absolute atomic E-state index is 12.8. The molecule has 28 heavy (non-hydrogen) atoms. The molecule has 0 saturated carbocycles. The Morgan fingerprint density at radius 2 is 1.71 bits per heavy atom. The average Bonchev–Trinajstić information content (AvgIpc) is 3.17. The van der Waals surface area contributed by atoms with E-state index in [2.05, 4.69) is 0 Å². The molecule has 0 N–H and O–H groups in total. The van der Waals surface area contributed by atoms with Crippen molar-refractivity contribution in [1.29, 1.82) is 0 Å². The molecule has 0 aliphatic carbocycles. The molecular formula is C22H17ClO4S. The topological polar surface area (TPSA) is 52.6 Å². The van der Waals surface area contributed by atoms with Gasteiger partial charge in [-0.1, -0.05) is 60.1 Å². The zero-order valence-electron chi connectivity index (χ0n) is 15.1. The standard InChI is InChI=1S/C22H17ClO4S/c1-26-19-10-6-5-9-16(19)13-17(15-7-3-2-4-8-15)22(25)27-14-18(24)20-11-12-21(23)28-20/h2-13H,14H2,1H3/b17-13+. The van der Waals surface area contributed by atoms with Gasteiger partial charge < -0.3 is 9.47 Å². The van der Waals surface area contributed by atoms with E-state index in [1.54, 1.807) is 25.3 Å². The quantitative estimate of drug-likeness (QED) is 0.226. The van der Waals surface area contributed by atoms with Gasteiger partial charge in [0.25, 0.3) is 0 Å². The molecule has 2 aromatic carbocycles. The summed E-state index contributed by atoms with van der Waals surface area (Å²) in [6, 6.07) is 19.7. The predicted molar refractivity (Wildman–Crippen MR) is 112 cm³/mol. The summed E-state index contributed by atoms with van der Waals surface area (Å²) in [5, 5.41) is 0. The second-order valence-corrected chi connectivity index (χ2v) is 7.48. The van der Waals surface area contributed by atoms with Crippen LogP contribution in [0.15, 0.2) is 66.7 Å². The molecule has 6 heteroatoms. The number of carbonyl (C=O) groups excluding carboxylic acids is 2. The third-order valence-corrected chi connectivity index (χ3v) is 5.20. The van der Waals surface area contributed by atoms with E-state index in [0.717, 1.165) is 16.9 Å². The summed E-state index contributed by atoms with van der Waals surface area (Å²) in [4.78, 5) is 25.4. The molecule has 4 nitrogen and oxygen atoms in total. The third kappa shape index (κ3) is 4.88. The number of hydrogen-bond acceptors (Lipinski definition) is 5. The van der Waals surface area contributed by atoms with Crippen LogP contribution >= 0.6 is 22.9 Å². The van der Waals surface area contributed by atoms with Gasteiger partial charge in [-0.25, -0.2) is 4.79 Å². The van der Waals surface area contributed by atoms with Crippen molar-refractivity contribution in [3.8, 4) is 5.75 Å². The van der Waals surface area contributed by atoms with Gasteiger partial charge >= 0.3 is 5.97 Å². The first-order valence-electron chi connectivity index (χ1n) is 8.44. The maximum atomic E-state index is 12.8. The van der Waals surface area contributed by atoms with Crippen LogP contribution in [-0.4, -0.2) is 25.5 Å². The van der Waals surface area contributed by atoms with Gasteiger partial charge in [0.05, 0.1) is 21.9 Å². The van der Waals surface area contributed by atoms with Crippen LogP contribution in [0.2, 0.25) is 4.34 Å². The summed E-state index contributed by atoms with van der Waals surface area (Å²) < 4.78 is 11.2. The Morgan fingerprint density at radius 1 is 1.00 bits per heavy atom. The predicted octanol–water partition coefficient (Wildman–Crippen LogP) is 5.38. The Morgan fingerprint density at radius 3 is 2.39 bits per heavy atom. The van der Waals surface area contributed by atoms with Gasteiger partial charge in [0, 0.05) is 5.56 Å². The Balaban J connectivity index is 1.86. The SMILES string of the molecule is COc1ccccc1/C=C(/C(=O)OCC(=O)c1ccc(Cl)s1)c1ccccc1. The van der Waals surface area contributed by atoms with E-state index in [4.69, 9.17) is 21.1 Å².